The minimum absolute atomic E-state index is 0.0916. The summed E-state index contributed by atoms with van der Waals surface area (Å²) in [6.07, 6.45) is 4.06. The van der Waals surface area contributed by atoms with Crippen LogP contribution < -0.4 is 0 Å². The molecule has 2 aliphatic rings. The first-order valence-corrected chi connectivity index (χ1v) is 9.11. The number of hydrogen-bond acceptors (Lipinski definition) is 3. The van der Waals surface area contributed by atoms with Crippen LogP contribution in [0.3, 0.4) is 0 Å². The Balaban J connectivity index is 1.71. The lowest BCUT2D eigenvalue weighted by atomic mass is 9.88. The first-order chi connectivity index (χ1) is 10.6. The Kier molecular flexibility index (Phi) is 5.14. The molecule has 0 amide bonds. The van der Waals surface area contributed by atoms with Gasteiger partial charge in [-0.2, -0.15) is 11.8 Å². The number of carbonyl (C=O) groups excluding carboxylic acids is 1. The normalized spacial score (nSPS) is 24.4. The molecule has 0 bridgehead atoms. The zero-order valence-corrected chi connectivity index (χ0v) is 13.4. The van der Waals surface area contributed by atoms with Crippen molar-refractivity contribution >= 4 is 17.5 Å². The van der Waals surface area contributed by atoms with Gasteiger partial charge < -0.3 is 0 Å². The van der Waals surface area contributed by atoms with Crippen LogP contribution in [0.2, 0.25) is 0 Å². The number of carbonyl (C=O) groups is 1. The molecular weight excluding hydrogens is 304 g/mol. The van der Waals surface area contributed by atoms with E-state index in [0.717, 1.165) is 37.6 Å². The average molecular weight is 325 g/mol. The molecule has 1 unspecified atom stereocenters. The summed E-state index contributed by atoms with van der Waals surface area (Å²) < 4.78 is 27.1. The van der Waals surface area contributed by atoms with Crippen LogP contribution >= 0.6 is 11.8 Å². The molecule has 0 saturated carbocycles. The smallest absolute Gasteiger partial charge is 0.170 e. The monoisotopic (exact) mass is 325 g/mol. The quantitative estimate of drug-likeness (QED) is 0.789. The van der Waals surface area contributed by atoms with Crippen molar-refractivity contribution in [3.05, 3.63) is 35.4 Å². The topological polar surface area (TPSA) is 20.3 Å². The van der Waals surface area contributed by atoms with Crippen molar-refractivity contribution in [2.45, 2.75) is 31.7 Å². The Morgan fingerprint density at radius 3 is 2.73 bits per heavy atom. The fourth-order valence-electron chi connectivity index (χ4n) is 3.51. The molecule has 0 aliphatic carbocycles. The van der Waals surface area contributed by atoms with Gasteiger partial charge in [-0.05, 0) is 61.9 Å². The lowest BCUT2D eigenvalue weighted by molar-refractivity contribution is 0.0737. The number of hydrogen-bond donors (Lipinski definition) is 0. The highest BCUT2D eigenvalue weighted by Crippen LogP contribution is 2.28. The highest BCUT2D eigenvalue weighted by molar-refractivity contribution is 7.99. The number of Topliss-reactive ketones (excluding diaryl/α,β-unsaturated/α-hetero) is 1. The SMILES string of the molecule is O=C(c1cc(F)ccc1F)C1CCCN(C2CCSCC2)C1. The summed E-state index contributed by atoms with van der Waals surface area (Å²) in [7, 11) is 0. The second-order valence-corrected chi connectivity index (χ2v) is 7.39. The summed E-state index contributed by atoms with van der Waals surface area (Å²) in [4.78, 5) is 15.0. The maximum atomic E-state index is 13.8. The summed E-state index contributed by atoms with van der Waals surface area (Å²) in [6.45, 7) is 1.70. The number of thioether (sulfide) groups is 1. The van der Waals surface area contributed by atoms with Gasteiger partial charge in [-0.3, -0.25) is 9.69 Å². The number of piperidine rings is 1. The molecule has 120 valence electrons. The van der Waals surface area contributed by atoms with Crippen LogP contribution in [0.25, 0.3) is 0 Å². The molecule has 2 nitrogen and oxygen atoms in total. The molecule has 22 heavy (non-hydrogen) atoms. The van der Waals surface area contributed by atoms with E-state index in [1.54, 1.807) is 0 Å². The standard InChI is InChI=1S/C17H21F2NOS/c18-13-3-4-16(19)15(10-13)17(21)12-2-1-7-20(11-12)14-5-8-22-9-6-14/h3-4,10,12,14H,1-2,5-9,11H2. The van der Waals surface area contributed by atoms with Crippen LogP contribution in [0.15, 0.2) is 18.2 Å². The molecule has 2 aliphatic heterocycles. The van der Waals surface area contributed by atoms with E-state index < -0.39 is 11.6 Å². The second kappa shape index (κ2) is 7.09. The van der Waals surface area contributed by atoms with Gasteiger partial charge in [0.2, 0.25) is 0 Å². The van der Waals surface area contributed by atoms with Crippen LogP contribution in [-0.4, -0.2) is 41.3 Å². The molecule has 0 spiro atoms. The van der Waals surface area contributed by atoms with E-state index in [4.69, 9.17) is 0 Å². The van der Waals surface area contributed by atoms with E-state index in [0.29, 0.717) is 12.6 Å². The van der Waals surface area contributed by atoms with E-state index in [2.05, 4.69) is 4.90 Å². The van der Waals surface area contributed by atoms with Crippen LogP contribution in [0.1, 0.15) is 36.0 Å². The van der Waals surface area contributed by atoms with Gasteiger partial charge in [0, 0.05) is 18.5 Å². The second-order valence-electron chi connectivity index (χ2n) is 6.17. The third kappa shape index (κ3) is 3.51. The number of benzene rings is 1. The Morgan fingerprint density at radius 2 is 1.95 bits per heavy atom. The molecule has 1 atom stereocenters. The number of ketones is 1. The van der Waals surface area contributed by atoms with Crippen molar-refractivity contribution < 1.29 is 13.6 Å². The van der Waals surface area contributed by atoms with E-state index in [1.165, 1.54) is 24.3 Å². The van der Waals surface area contributed by atoms with Gasteiger partial charge in [-0.15, -0.1) is 0 Å². The minimum Gasteiger partial charge on any atom is -0.300 e. The van der Waals surface area contributed by atoms with Crippen molar-refractivity contribution in [1.82, 2.24) is 4.90 Å². The van der Waals surface area contributed by atoms with Crippen LogP contribution in [0.5, 0.6) is 0 Å². The van der Waals surface area contributed by atoms with Crippen molar-refractivity contribution in [3.8, 4) is 0 Å². The molecule has 0 N–H and O–H groups in total. The zero-order chi connectivity index (χ0) is 15.5. The van der Waals surface area contributed by atoms with Gasteiger partial charge >= 0.3 is 0 Å². The molecule has 0 aromatic heterocycles. The van der Waals surface area contributed by atoms with E-state index >= 15 is 0 Å². The zero-order valence-electron chi connectivity index (χ0n) is 12.6. The molecule has 1 aromatic rings. The highest BCUT2D eigenvalue weighted by Gasteiger charge is 2.31. The Morgan fingerprint density at radius 1 is 1.18 bits per heavy atom. The molecule has 3 rings (SSSR count). The van der Waals surface area contributed by atoms with Crippen LogP contribution in [0, 0.1) is 17.6 Å². The summed E-state index contributed by atoms with van der Waals surface area (Å²) in [6, 6.07) is 3.68. The third-order valence-corrected chi connectivity index (χ3v) is 5.77. The average Bonchev–Trinajstić information content (AvgIpc) is 2.57. The third-order valence-electron chi connectivity index (χ3n) is 4.72. The molecular formula is C17H21F2NOS. The molecule has 2 heterocycles. The maximum absolute atomic E-state index is 13.8. The van der Waals surface area contributed by atoms with E-state index in [1.807, 2.05) is 11.8 Å². The van der Waals surface area contributed by atoms with Gasteiger partial charge in [0.25, 0.3) is 0 Å². The molecule has 5 heteroatoms. The summed E-state index contributed by atoms with van der Waals surface area (Å²) in [5.74, 6) is 0.738. The lowest BCUT2D eigenvalue weighted by Gasteiger charge is -2.39. The van der Waals surface area contributed by atoms with Gasteiger partial charge in [0.1, 0.15) is 11.6 Å². The van der Waals surface area contributed by atoms with Crippen molar-refractivity contribution in [2.75, 3.05) is 24.6 Å². The van der Waals surface area contributed by atoms with Gasteiger partial charge in [0.05, 0.1) is 5.56 Å². The summed E-state index contributed by atoms with van der Waals surface area (Å²) in [5.41, 5.74) is -0.0916. The molecule has 1 aromatic carbocycles. The fourth-order valence-corrected chi connectivity index (χ4v) is 4.59. The summed E-state index contributed by atoms with van der Waals surface area (Å²) in [5, 5.41) is 0. The van der Waals surface area contributed by atoms with Crippen LogP contribution in [0.4, 0.5) is 8.78 Å². The number of nitrogens with zero attached hydrogens (tertiary/aromatic N) is 1. The number of likely N-dealkylation sites (tertiary alicyclic amines) is 1. The van der Waals surface area contributed by atoms with Gasteiger partial charge in [0.15, 0.2) is 5.78 Å². The number of rotatable bonds is 3. The Hall–Kier alpha value is -0.940. The number of halogens is 2. The summed E-state index contributed by atoms with van der Waals surface area (Å²) >= 11 is 1.99. The molecule has 0 radical (unpaired) electrons. The first kappa shape index (κ1) is 15.9. The van der Waals surface area contributed by atoms with Gasteiger partial charge in [-0.25, -0.2) is 8.78 Å². The highest BCUT2D eigenvalue weighted by atomic mass is 32.2. The largest absolute Gasteiger partial charge is 0.300 e. The van der Waals surface area contributed by atoms with Gasteiger partial charge in [-0.1, -0.05) is 0 Å². The van der Waals surface area contributed by atoms with Crippen molar-refractivity contribution in [3.63, 3.8) is 0 Å². The van der Waals surface area contributed by atoms with E-state index in [9.17, 15) is 13.6 Å². The van der Waals surface area contributed by atoms with E-state index in [-0.39, 0.29) is 17.3 Å². The minimum atomic E-state index is -0.613. The molecule has 2 fully saturated rings. The predicted molar refractivity (Wildman–Crippen MR) is 85.3 cm³/mol. The predicted octanol–water partition coefficient (Wildman–Crippen LogP) is 3.76. The maximum Gasteiger partial charge on any atom is 0.170 e. The lowest BCUT2D eigenvalue weighted by Crippen LogP contribution is -2.46. The Labute approximate surface area is 134 Å². The molecule has 2 saturated heterocycles. The van der Waals surface area contributed by atoms with Crippen molar-refractivity contribution in [2.24, 2.45) is 5.92 Å². The van der Waals surface area contributed by atoms with Crippen molar-refractivity contribution in [1.29, 1.82) is 0 Å². The first-order valence-electron chi connectivity index (χ1n) is 7.96. The Bertz CT molecular complexity index is 545. The van der Waals surface area contributed by atoms with Crippen LogP contribution in [-0.2, 0) is 0 Å². The fraction of sp³-hybridized carbons (Fsp3) is 0.588.